The Morgan fingerprint density at radius 3 is 2.21 bits per heavy atom. The average molecular weight is 481 g/mol. The highest BCUT2D eigenvalue weighted by Crippen LogP contribution is 2.53. The fraction of sp³-hybridized carbons (Fsp3) is 0.429. The molecule has 182 valence electrons. The molecule has 0 aliphatic heterocycles. The summed E-state index contributed by atoms with van der Waals surface area (Å²) in [5.74, 6) is -0.807. The Balaban J connectivity index is 2.59. The molecule has 0 atom stereocenters. The highest BCUT2D eigenvalue weighted by molar-refractivity contribution is 5.89. The molecule has 0 amide bonds. The predicted molar refractivity (Wildman–Crippen MR) is 103 cm³/mol. The molecule has 12 heteroatoms. The number of pyridine rings is 1. The topological polar surface area (TPSA) is 66.9 Å². The molecular formula is C21H21F6NO5. The maximum atomic E-state index is 13.8. The second kappa shape index (κ2) is 10.4. The number of hydrogen-bond acceptors (Lipinski definition) is 6. The van der Waals surface area contributed by atoms with Gasteiger partial charge < -0.3 is 18.9 Å². The van der Waals surface area contributed by atoms with E-state index in [9.17, 15) is 31.1 Å². The van der Waals surface area contributed by atoms with E-state index in [1.807, 2.05) is 0 Å². The third-order valence-corrected chi connectivity index (χ3v) is 4.55. The first-order valence-electron chi connectivity index (χ1n) is 9.53. The Hall–Kier alpha value is -2.86. The maximum absolute atomic E-state index is 13.8. The summed E-state index contributed by atoms with van der Waals surface area (Å²) in [5, 5.41) is 0. The third-order valence-electron chi connectivity index (χ3n) is 4.55. The number of halogens is 6. The molecule has 0 aliphatic rings. The first-order chi connectivity index (χ1) is 15.4. The zero-order valence-electron chi connectivity index (χ0n) is 17.8. The predicted octanol–water partition coefficient (Wildman–Crippen LogP) is 5.55. The number of alkyl halides is 6. The number of carbonyl (C=O) groups excluding carboxylic acids is 1. The van der Waals surface area contributed by atoms with Gasteiger partial charge in [0.15, 0.2) is 0 Å². The maximum Gasteiger partial charge on any atom is 0.430 e. The SMILES string of the molecule is CCCc1cc(C(OCOC)(C(F)(F)F)C(F)(F)F)ccc1Oc1cc(C(=O)OC)ccn1. The van der Waals surface area contributed by atoms with Gasteiger partial charge in [-0.2, -0.15) is 26.3 Å². The molecule has 0 saturated carbocycles. The van der Waals surface area contributed by atoms with Crippen LogP contribution < -0.4 is 4.74 Å². The molecule has 1 aromatic heterocycles. The number of nitrogens with zero attached hydrogens (tertiary/aromatic N) is 1. The quantitative estimate of drug-likeness (QED) is 0.266. The molecule has 0 bridgehead atoms. The minimum absolute atomic E-state index is 0.0277. The zero-order chi connectivity index (χ0) is 24.9. The van der Waals surface area contributed by atoms with Crippen LogP contribution >= 0.6 is 0 Å². The van der Waals surface area contributed by atoms with Gasteiger partial charge in [-0.3, -0.25) is 0 Å². The van der Waals surface area contributed by atoms with Gasteiger partial charge in [0.1, 0.15) is 12.5 Å². The third kappa shape index (κ3) is 5.56. The van der Waals surface area contributed by atoms with Crippen molar-refractivity contribution in [3.63, 3.8) is 0 Å². The summed E-state index contributed by atoms with van der Waals surface area (Å²) in [6.07, 6.45) is -9.96. The van der Waals surface area contributed by atoms with E-state index in [4.69, 9.17) is 4.74 Å². The molecule has 0 saturated heterocycles. The standard InChI is InChI=1S/C21H21F6NO5/c1-4-5-13-10-15(19(20(22,23)24,21(25,26)27)32-12-30-2)6-7-16(13)33-17-11-14(8-9-28-17)18(29)31-3/h6-11H,4-5,12H2,1-3H3. The van der Waals surface area contributed by atoms with Gasteiger partial charge in [-0.05, 0) is 30.2 Å². The van der Waals surface area contributed by atoms with Gasteiger partial charge in [0.2, 0.25) is 5.88 Å². The highest BCUT2D eigenvalue weighted by atomic mass is 19.4. The number of hydrogen-bond donors (Lipinski definition) is 0. The molecule has 0 fully saturated rings. The minimum Gasteiger partial charge on any atom is -0.465 e. The molecule has 6 nitrogen and oxygen atoms in total. The van der Waals surface area contributed by atoms with Gasteiger partial charge >= 0.3 is 18.3 Å². The molecule has 1 heterocycles. The number of carbonyl (C=O) groups is 1. The molecule has 0 aliphatic carbocycles. The van der Waals surface area contributed by atoms with Crippen molar-refractivity contribution in [2.45, 2.75) is 37.7 Å². The first-order valence-corrected chi connectivity index (χ1v) is 9.53. The van der Waals surface area contributed by atoms with E-state index in [0.717, 1.165) is 19.2 Å². The van der Waals surface area contributed by atoms with Crippen LogP contribution in [-0.2, 0) is 26.2 Å². The Kier molecular flexibility index (Phi) is 8.30. The molecular weight excluding hydrogens is 460 g/mol. The normalized spacial score (nSPS) is 12.5. The van der Waals surface area contributed by atoms with Gasteiger partial charge in [-0.25, -0.2) is 9.78 Å². The van der Waals surface area contributed by atoms with Gasteiger partial charge in [0.05, 0.1) is 12.7 Å². The van der Waals surface area contributed by atoms with Gasteiger partial charge in [-0.1, -0.05) is 19.4 Å². The van der Waals surface area contributed by atoms with Crippen molar-refractivity contribution in [2.75, 3.05) is 21.0 Å². The van der Waals surface area contributed by atoms with Crippen LogP contribution in [0, 0.1) is 0 Å². The molecule has 2 aromatic rings. The van der Waals surface area contributed by atoms with Gasteiger partial charge in [-0.15, -0.1) is 0 Å². The molecule has 0 spiro atoms. The summed E-state index contributed by atoms with van der Waals surface area (Å²) >= 11 is 0. The number of rotatable bonds is 9. The van der Waals surface area contributed by atoms with Crippen molar-refractivity contribution in [3.8, 4) is 11.6 Å². The van der Waals surface area contributed by atoms with Crippen molar-refractivity contribution in [1.29, 1.82) is 0 Å². The number of aromatic nitrogens is 1. The number of methoxy groups -OCH3 is 2. The summed E-state index contributed by atoms with van der Waals surface area (Å²) in [5.41, 5.74) is -5.64. The monoisotopic (exact) mass is 481 g/mol. The highest BCUT2D eigenvalue weighted by Gasteiger charge is 2.73. The number of benzene rings is 1. The molecule has 2 rings (SSSR count). The zero-order valence-corrected chi connectivity index (χ0v) is 17.8. The second-order valence-corrected chi connectivity index (χ2v) is 6.78. The summed E-state index contributed by atoms with van der Waals surface area (Å²) < 4.78 is 102. The smallest absolute Gasteiger partial charge is 0.430 e. The summed E-state index contributed by atoms with van der Waals surface area (Å²) in [4.78, 5) is 15.6. The molecule has 0 unspecified atom stereocenters. The molecule has 0 N–H and O–H groups in total. The lowest BCUT2D eigenvalue weighted by atomic mass is 9.89. The van der Waals surface area contributed by atoms with E-state index >= 15 is 0 Å². The lowest BCUT2D eigenvalue weighted by molar-refractivity contribution is -0.400. The van der Waals surface area contributed by atoms with Crippen molar-refractivity contribution < 1.29 is 50.1 Å². The van der Waals surface area contributed by atoms with Crippen LogP contribution in [-0.4, -0.2) is 44.3 Å². The van der Waals surface area contributed by atoms with Gasteiger partial charge in [0.25, 0.3) is 5.60 Å². The molecule has 1 aromatic carbocycles. The van der Waals surface area contributed by atoms with Crippen LogP contribution in [0.5, 0.6) is 11.6 Å². The number of ether oxygens (including phenoxy) is 4. The van der Waals surface area contributed by atoms with Crippen LogP contribution in [0.3, 0.4) is 0 Å². The Labute approximate surface area is 185 Å². The summed E-state index contributed by atoms with van der Waals surface area (Å²) in [6.45, 7) is 0.444. The second-order valence-electron chi connectivity index (χ2n) is 6.78. The molecule has 33 heavy (non-hydrogen) atoms. The Morgan fingerprint density at radius 1 is 1.00 bits per heavy atom. The lowest BCUT2D eigenvalue weighted by Gasteiger charge is -2.37. The largest absolute Gasteiger partial charge is 0.465 e. The van der Waals surface area contributed by atoms with Crippen LogP contribution in [0.1, 0.15) is 34.8 Å². The van der Waals surface area contributed by atoms with Crippen molar-refractivity contribution in [1.82, 2.24) is 4.98 Å². The van der Waals surface area contributed by atoms with Crippen molar-refractivity contribution in [2.24, 2.45) is 0 Å². The Morgan fingerprint density at radius 2 is 1.67 bits per heavy atom. The van der Waals surface area contributed by atoms with Gasteiger partial charge in [0, 0.05) is 24.9 Å². The fourth-order valence-corrected chi connectivity index (χ4v) is 3.07. The molecule has 0 radical (unpaired) electrons. The van der Waals surface area contributed by atoms with E-state index in [1.165, 1.54) is 25.4 Å². The fourth-order valence-electron chi connectivity index (χ4n) is 3.07. The lowest BCUT2D eigenvalue weighted by Crippen LogP contribution is -2.56. The van der Waals surface area contributed by atoms with E-state index in [1.54, 1.807) is 6.92 Å². The van der Waals surface area contributed by atoms with Crippen LogP contribution in [0.2, 0.25) is 0 Å². The van der Waals surface area contributed by atoms with Crippen molar-refractivity contribution >= 4 is 5.97 Å². The number of aryl methyl sites for hydroxylation is 1. The Bertz CT molecular complexity index is 947. The number of esters is 1. The van der Waals surface area contributed by atoms with Crippen LogP contribution in [0.25, 0.3) is 0 Å². The van der Waals surface area contributed by atoms with E-state index in [2.05, 4.69) is 19.2 Å². The van der Waals surface area contributed by atoms with E-state index in [-0.39, 0.29) is 29.2 Å². The van der Waals surface area contributed by atoms with E-state index in [0.29, 0.717) is 12.5 Å². The van der Waals surface area contributed by atoms with Crippen LogP contribution in [0.15, 0.2) is 36.5 Å². The first kappa shape index (κ1) is 26.4. The summed E-state index contributed by atoms with van der Waals surface area (Å²) in [7, 11) is 2.08. The summed E-state index contributed by atoms with van der Waals surface area (Å²) in [6, 6.07) is 4.90. The minimum atomic E-state index is -5.84. The van der Waals surface area contributed by atoms with Crippen molar-refractivity contribution in [3.05, 3.63) is 53.2 Å². The average Bonchev–Trinajstić information content (AvgIpc) is 2.73. The van der Waals surface area contributed by atoms with Crippen LogP contribution in [0.4, 0.5) is 26.3 Å². The van der Waals surface area contributed by atoms with E-state index < -0.39 is 36.3 Å².